The molecule has 1 amide bonds. The molecule has 4 rings (SSSR count). The van der Waals surface area contributed by atoms with Crippen LogP contribution < -0.4 is 15.8 Å². The number of nitrogens with zero attached hydrogens (tertiary/aromatic N) is 2. The monoisotopic (exact) mass is 424 g/mol. The zero-order valence-electron chi connectivity index (χ0n) is 15.7. The van der Waals surface area contributed by atoms with Gasteiger partial charge in [-0.05, 0) is 31.2 Å². The third-order valence-corrected chi connectivity index (χ3v) is 5.85. The predicted molar refractivity (Wildman–Crippen MR) is 118 cm³/mol. The minimum Gasteiger partial charge on any atom is -0.497 e. The molecule has 0 saturated carbocycles. The van der Waals surface area contributed by atoms with E-state index in [-0.39, 0.29) is 5.91 Å². The van der Waals surface area contributed by atoms with Crippen LogP contribution in [0.15, 0.2) is 48.5 Å². The van der Waals surface area contributed by atoms with Gasteiger partial charge in [0.2, 0.25) is 0 Å². The van der Waals surface area contributed by atoms with Crippen molar-refractivity contribution in [3.05, 3.63) is 64.1 Å². The maximum atomic E-state index is 12.8. The van der Waals surface area contributed by atoms with Gasteiger partial charge in [0.1, 0.15) is 15.5 Å². The van der Waals surface area contributed by atoms with Crippen molar-refractivity contribution < 1.29 is 9.53 Å². The summed E-state index contributed by atoms with van der Waals surface area (Å²) in [5, 5.41) is 4.10. The summed E-state index contributed by atoms with van der Waals surface area (Å²) in [4.78, 5) is 23.0. The van der Waals surface area contributed by atoms with Crippen LogP contribution in [0.3, 0.4) is 0 Å². The van der Waals surface area contributed by atoms with Crippen LogP contribution in [0.2, 0.25) is 5.02 Å². The number of nitrogen functional groups attached to an aromatic ring is 1. The van der Waals surface area contributed by atoms with Crippen molar-refractivity contribution in [1.29, 1.82) is 0 Å². The van der Waals surface area contributed by atoms with Gasteiger partial charge < -0.3 is 15.8 Å². The SMILES string of the molecule is COc1cccc(NC(=O)c2sc3nc(-c4ccccc4Cl)nc(C)c3c2N)c1. The van der Waals surface area contributed by atoms with Crippen LogP contribution in [0.25, 0.3) is 21.6 Å². The molecule has 0 aliphatic carbocycles. The van der Waals surface area contributed by atoms with E-state index < -0.39 is 0 Å². The summed E-state index contributed by atoms with van der Waals surface area (Å²) in [6, 6.07) is 14.5. The van der Waals surface area contributed by atoms with E-state index in [1.807, 2.05) is 25.1 Å². The second-order valence-electron chi connectivity index (χ2n) is 6.32. The fourth-order valence-electron chi connectivity index (χ4n) is 3.02. The lowest BCUT2D eigenvalue weighted by atomic mass is 10.2. The van der Waals surface area contributed by atoms with Gasteiger partial charge in [0, 0.05) is 17.3 Å². The summed E-state index contributed by atoms with van der Waals surface area (Å²) < 4.78 is 5.19. The second-order valence-corrected chi connectivity index (χ2v) is 7.73. The van der Waals surface area contributed by atoms with Gasteiger partial charge in [-0.2, -0.15) is 0 Å². The molecular weight excluding hydrogens is 408 g/mol. The predicted octanol–water partition coefficient (Wildman–Crippen LogP) is 5.16. The molecule has 2 heterocycles. The van der Waals surface area contributed by atoms with E-state index in [0.717, 1.165) is 5.56 Å². The summed E-state index contributed by atoms with van der Waals surface area (Å²) in [6.45, 7) is 1.84. The molecular formula is C21H17ClN4O2S. The van der Waals surface area contributed by atoms with Crippen molar-refractivity contribution in [2.24, 2.45) is 0 Å². The third kappa shape index (κ3) is 3.62. The molecule has 0 aliphatic rings. The lowest BCUT2D eigenvalue weighted by Gasteiger charge is -2.06. The molecule has 0 aliphatic heterocycles. The van der Waals surface area contributed by atoms with Gasteiger partial charge in [0.15, 0.2) is 5.82 Å². The molecule has 0 bridgehead atoms. The minimum atomic E-state index is -0.308. The number of methoxy groups -OCH3 is 1. The Morgan fingerprint density at radius 2 is 1.97 bits per heavy atom. The Balaban J connectivity index is 1.74. The number of hydrogen-bond acceptors (Lipinski definition) is 6. The first-order valence-corrected chi connectivity index (χ1v) is 9.94. The number of aromatic nitrogens is 2. The molecule has 146 valence electrons. The van der Waals surface area contributed by atoms with Gasteiger partial charge in [0.05, 0.1) is 28.9 Å². The van der Waals surface area contributed by atoms with E-state index in [9.17, 15) is 4.79 Å². The van der Waals surface area contributed by atoms with Crippen LogP contribution in [-0.2, 0) is 0 Å². The number of fused-ring (bicyclic) bond motifs is 1. The highest BCUT2D eigenvalue weighted by molar-refractivity contribution is 7.21. The number of nitrogens with one attached hydrogen (secondary N) is 1. The highest BCUT2D eigenvalue weighted by Gasteiger charge is 2.21. The van der Waals surface area contributed by atoms with Crippen LogP contribution in [0.4, 0.5) is 11.4 Å². The lowest BCUT2D eigenvalue weighted by Crippen LogP contribution is -2.12. The molecule has 0 spiro atoms. The molecule has 6 nitrogen and oxygen atoms in total. The molecule has 0 saturated heterocycles. The standard InChI is InChI=1S/C21H17ClN4O2S/c1-11-16-17(23)18(20(27)25-12-6-5-7-13(10-12)28-2)29-21(16)26-19(24-11)14-8-3-4-9-15(14)22/h3-10H,23H2,1-2H3,(H,25,27). The molecule has 0 fully saturated rings. The smallest absolute Gasteiger partial charge is 0.267 e. The largest absolute Gasteiger partial charge is 0.497 e. The first-order valence-electron chi connectivity index (χ1n) is 8.75. The van der Waals surface area contributed by atoms with Crippen LogP contribution in [0.5, 0.6) is 5.75 Å². The molecule has 0 radical (unpaired) electrons. The molecule has 4 aromatic rings. The van der Waals surface area contributed by atoms with Crippen molar-refractivity contribution >= 4 is 50.4 Å². The zero-order valence-corrected chi connectivity index (χ0v) is 17.3. The van der Waals surface area contributed by atoms with Crippen molar-refractivity contribution in [2.75, 3.05) is 18.2 Å². The maximum Gasteiger partial charge on any atom is 0.267 e. The number of nitrogens with two attached hydrogens (primary N) is 1. The average Bonchev–Trinajstić information content (AvgIpc) is 3.05. The summed E-state index contributed by atoms with van der Waals surface area (Å²) >= 11 is 7.52. The van der Waals surface area contributed by atoms with E-state index in [0.29, 0.717) is 48.8 Å². The number of anilines is 2. The van der Waals surface area contributed by atoms with Crippen molar-refractivity contribution in [1.82, 2.24) is 9.97 Å². The van der Waals surface area contributed by atoms with E-state index in [2.05, 4.69) is 15.3 Å². The summed E-state index contributed by atoms with van der Waals surface area (Å²) in [6.07, 6.45) is 0. The normalized spacial score (nSPS) is 10.9. The molecule has 8 heteroatoms. The number of halogens is 1. The average molecular weight is 425 g/mol. The first kappa shape index (κ1) is 19.2. The van der Waals surface area contributed by atoms with Crippen molar-refractivity contribution in [3.8, 4) is 17.1 Å². The van der Waals surface area contributed by atoms with Crippen LogP contribution in [0.1, 0.15) is 15.4 Å². The number of rotatable bonds is 4. The Labute approximate surface area is 176 Å². The van der Waals surface area contributed by atoms with E-state index in [1.165, 1.54) is 11.3 Å². The Hall–Kier alpha value is -3.16. The number of benzene rings is 2. The van der Waals surface area contributed by atoms with Crippen LogP contribution in [-0.4, -0.2) is 23.0 Å². The van der Waals surface area contributed by atoms with Gasteiger partial charge in [-0.1, -0.05) is 29.8 Å². The molecule has 3 N–H and O–H groups in total. The first-order chi connectivity index (χ1) is 14.0. The highest BCUT2D eigenvalue weighted by atomic mass is 35.5. The molecule has 2 aromatic carbocycles. The number of hydrogen-bond donors (Lipinski definition) is 2. The van der Waals surface area contributed by atoms with Crippen molar-refractivity contribution in [2.45, 2.75) is 6.92 Å². The van der Waals surface area contributed by atoms with Gasteiger partial charge in [-0.25, -0.2) is 9.97 Å². The Bertz CT molecular complexity index is 1240. The van der Waals surface area contributed by atoms with Gasteiger partial charge in [-0.15, -0.1) is 11.3 Å². The topological polar surface area (TPSA) is 90.1 Å². The summed E-state index contributed by atoms with van der Waals surface area (Å²) in [5.74, 6) is 0.845. The Kier molecular flexibility index (Phi) is 5.08. The number of ether oxygens (including phenoxy) is 1. The maximum absolute atomic E-state index is 12.8. The Morgan fingerprint density at radius 3 is 2.72 bits per heavy atom. The second kappa shape index (κ2) is 7.69. The van der Waals surface area contributed by atoms with E-state index >= 15 is 0 Å². The lowest BCUT2D eigenvalue weighted by molar-refractivity contribution is 0.103. The number of amides is 1. The highest BCUT2D eigenvalue weighted by Crippen LogP contribution is 2.36. The Morgan fingerprint density at radius 1 is 1.17 bits per heavy atom. The minimum absolute atomic E-state index is 0.308. The molecule has 0 unspecified atom stereocenters. The number of carbonyl (C=O) groups excluding carboxylic acids is 1. The molecule has 0 atom stereocenters. The van der Waals surface area contributed by atoms with Crippen LogP contribution >= 0.6 is 22.9 Å². The zero-order chi connectivity index (χ0) is 20.5. The quantitative estimate of drug-likeness (QED) is 0.472. The number of carbonyl (C=O) groups is 1. The van der Waals surface area contributed by atoms with Crippen molar-refractivity contribution in [3.63, 3.8) is 0 Å². The van der Waals surface area contributed by atoms with E-state index in [4.69, 9.17) is 22.1 Å². The number of thiophene rings is 1. The molecule has 2 aromatic heterocycles. The van der Waals surface area contributed by atoms with Gasteiger partial charge >= 0.3 is 0 Å². The fraction of sp³-hybridized carbons (Fsp3) is 0.0952. The van der Waals surface area contributed by atoms with Crippen LogP contribution in [0, 0.1) is 6.92 Å². The third-order valence-electron chi connectivity index (χ3n) is 4.42. The summed E-state index contributed by atoms with van der Waals surface area (Å²) in [7, 11) is 1.57. The van der Waals surface area contributed by atoms with E-state index in [1.54, 1.807) is 37.4 Å². The van der Waals surface area contributed by atoms with Gasteiger partial charge in [-0.3, -0.25) is 4.79 Å². The number of aryl methyl sites for hydroxylation is 1. The van der Waals surface area contributed by atoms with Gasteiger partial charge in [0.25, 0.3) is 5.91 Å². The summed E-state index contributed by atoms with van der Waals surface area (Å²) in [5.41, 5.74) is 8.70. The molecule has 29 heavy (non-hydrogen) atoms. The fourth-order valence-corrected chi connectivity index (χ4v) is 4.28.